The molecule has 1 heterocycles. The molecule has 1 aliphatic heterocycles. The van der Waals surface area contributed by atoms with Crippen molar-refractivity contribution in [2.45, 2.75) is 65.3 Å². The summed E-state index contributed by atoms with van der Waals surface area (Å²) < 4.78 is 25.7. The van der Waals surface area contributed by atoms with E-state index in [1.54, 1.807) is 6.92 Å². The molecule has 0 radical (unpaired) electrons. The second-order valence-corrected chi connectivity index (χ2v) is 5.04. The molecule has 0 N–H and O–H groups in total. The van der Waals surface area contributed by atoms with E-state index in [9.17, 15) is 19.2 Å². The molecule has 1 aliphatic rings. The molecule has 1 saturated heterocycles. The Kier molecular flexibility index (Phi) is 6.49. The van der Waals surface area contributed by atoms with Crippen LogP contribution in [0.5, 0.6) is 0 Å². The van der Waals surface area contributed by atoms with Gasteiger partial charge in [0.25, 0.3) is 0 Å². The van der Waals surface area contributed by atoms with E-state index in [0.717, 1.165) is 20.8 Å². The number of hydrogen-bond acceptors (Lipinski definition) is 9. The molecule has 0 saturated carbocycles. The highest BCUT2D eigenvalue weighted by atomic mass is 16.7. The van der Waals surface area contributed by atoms with Gasteiger partial charge in [0.15, 0.2) is 12.2 Å². The van der Waals surface area contributed by atoms with Crippen molar-refractivity contribution in [1.82, 2.24) is 0 Å². The van der Waals surface area contributed by atoms with Crippen LogP contribution in [-0.2, 0) is 42.9 Å². The minimum atomic E-state index is -1.29. The van der Waals surface area contributed by atoms with Gasteiger partial charge in [0.1, 0.15) is 0 Å². The standard InChI is InChI=1S/C14H20O9/c1-6-11(20-7(2)15)12(21-8(3)16)13(22-9(4)17)14(19-6)23-10(5)18/h6,11-14H,1-5H3/t6?,11-,12+,13?,14-/m1/s1. The summed E-state index contributed by atoms with van der Waals surface area (Å²) in [5.74, 6) is -2.69. The molecule has 0 bridgehead atoms. The van der Waals surface area contributed by atoms with Crippen molar-refractivity contribution < 1.29 is 42.9 Å². The molecule has 23 heavy (non-hydrogen) atoms. The summed E-state index contributed by atoms with van der Waals surface area (Å²) in [5, 5.41) is 0. The van der Waals surface area contributed by atoms with Crippen molar-refractivity contribution in [3.8, 4) is 0 Å². The molecular weight excluding hydrogens is 312 g/mol. The minimum absolute atomic E-state index is 0.630. The molecule has 0 aromatic heterocycles. The zero-order chi connectivity index (χ0) is 17.7. The average molecular weight is 332 g/mol. The summed E-state index contributed by atoms with van der Waals surface area (Å²) in [7, 11) is 0. The van der Waals surface area contributed by atoms with E-state index >= 15 is 0 Å². The molecular formula is C14H20O9. The van der Waals surface area contributed by atoms with Crippen LogP contribution in [0.2, 0.25) is 0 Å². The lowest BCUT2D eigenvalue weighted by Crippen LogP contribution is -2.61. The molecule has 2 unspecified atom stereocenters. The number of ether oxygens (including phenoxy) is 5. The highest BCUT2D eigenvalue weighted by molar-refractivity contribution is 5.69. The van der Waals surface area contributed by atoms with Gasteiger partial charge in [0.2, 0.25) is 12.4 Å². The zero-order valence-electron chi connectivity index (χ0n) is 13.6. The highest BCUT2D eigenvalue weighted by Crippen LogP contribution is 2.29. The van der Waals surface area contributed by atoms with E-state index in [0.29, 0.717) is 0 Å². The predicted molar refractivity (Wildman–Crippen MR) is 72.8 cm³/mol. The molecule has 0 spiro atoms. The van der Waals surface area contributed by atoms with Crippen LogP contribution in [0.1, 0.15) is 34.6 Å². The lowest BCUT2D eigenvalue weighted by atomic mass is 9.99. The van der Waals surface area contributed by atoms with E-state index in [1.807, 2.05) is 0 Å². The second kappa shape index (κ2) is 7.91. The SMILES string of the molecule is CC(=O)OC1[C@@H](OC(C)=O)OC(C)[C@@H](OC(C)=O)[C@@H]1OC(C)=O. The largest absolute Gasteiger partial charge is 0.456 e. The van der Waals surface area contributed by atoms with Crippen LogP contribution in [0.4, 0.5) is 0 Å². The van der Waals surface area contributed by atoms with Gasteiger partial charge >= 0.3 is 23.9 Å². The quantitative estimate of drug-likeness (QED) is 0.521. The summed E-state index contributed by atoms with van der Waals surface area (Å²) in [6.07, 6.45) is -5.51. The fourth-order valence-electron chi connectivity index (χ4n) is 2.23. The maximum absolute atomic E-state index is 11.4. The third-order valence-corrected chi connectivity index (χ3v) is 2.92. The van der Waals surface area contributed by atoms with E-state index in [4.69, 9.17) is 23.7 Å². The maximum Gasteiger partial charge on any atom is 0.305 e. The van der Waals surface area contributed by atoms with Gasteiger partial charge in [-0.15, -0.1) is 0 Å². The smallest absolute Gasteiger partial charge is 0.305 e. The third-order valence-electron chi connectivity index (χ3n) is 2.92. The summed E-state index contributed by atoms with van der Waals surface area (Å²) >= 11 is 0. The Balaban J connectivity index is 3.15. The Bertz CT molecular complexity index is 487. The van der Waals surface area contributed by atoms with Gasteiger partial charge in [-0.2, -0.15) is 0 Å². The zero-order valence-corrected chi connectivity index (χ0v) is 13.6. The number of esters is 4. The van der Waals surface area contributed by atoms with Gasteiger partial charge < -0.3 is 23.7 Å². The molecule has 0 aliphatic carbocycles. The number of hydrogen-bond donors (Lipinski definition) is 0. The second-order valence-electron chi connectivity index (χ2n) is 5.04. The molecule has 1 fully saturated rings. The average Bonchev–Trinajstić information content (AvgIpc) is 2.36. The fourth-order valence-corrected chi connectivity index (χ4v) is 2.23. The molecule has 9 nitrogen and oxygen atoms in total. The summed E-state index contributed by atoms with van der Waals surface area (Å²) in [4.78, 5) is 45.1. The van der Waals surface area contributed by atoms with Gasteiger partial charge in [-0.3, -0.25) is 19.2 Å². The Labute approximate surface area is 133 Å². The normalized spacial score (nSPS) is 30.0. The first-order valence-electron chi connectivity index (χ1n) is 6.96. The summed E-state index contributed by atoms with van der Waals surface area (Å²) in [6.45, 7) is 6.16. The van der Waals surface area contributed by atoms with E-state index in [2.05, 4.69) is 0 Å². The van der Waals surface area contributed by atoms with Crippen molar-refractivity contribution >= 4 is 23.9 Å². The first-order chi connectivity index (χ1) is 10.6. The van der Waals surface area contributed by atoms with E-state index in [-0.39, 0.29) is 0 Å². The maximum atomic E-state index is 11.4. The molecule has 5 atom stereocenters. The molecule has 130 valence electrons. The van der Waals surface area contributed by atoms with Gasteiger partial charge in [-0.05, 0) is 6.92 Å². The number of rotatable bonds is 4. The van der Waals surface area contributed by atoms with E-state index < -0.39 is 54.6 Å². The molecule has 1 rings (SSSR count). The van der Waals surface area contributed by atoms with Gasteiger partial charge in [0.05, 0.1) is 6.10 Å². The van der Waals surface area contributed by atoms with Gasteiger partial charge in [-0.1, -0.05) is 0 Å². The molecule has 0 aromatic rings. The van der Waals surface area contributed by atoms with Crippen molar-refractivity contribution in [3.05, 3.63) is 0 Å². The topological polar surface area (TPSA) is 114 Å². The van der Waals surface area contributed by atoms with E-state index in [1.165, 1.54) is 6.92 Å². The van der Waals surface area contributed by atoms with Crippen molar-refractivity contribution in [2.24, 2.45) is 0 Å². The van der Waals surface area contributed by atoms with Crippen LogP contribution in [0.3, 0.4) is 0 Å². The summed E-state index contributed by atoms with van der Waals surface area (Å²) in [5.41, 5.74) is 0. The van der Waals surface area contributed by atoms with Crippen molar-refractivity contribution in [1.29, 1.82) is 0 Å². The van der Waals surface area contributed by atoms with Crippen LogP contribution >= 0.6 is 0 Å². The lowest BCUT2D eigenvalue weighted by molar-refractivity contribution is -0.292. The van der Waals surface area contributed by atoms with Crippen LogP contribution in [0, 0.1) is 0 Å². The number of carbonyl (C=O) groups excluding carboxylic acids is 4. The van der Waals surface area contributed by atoms with Crippen molar-refractivity contribution in [2.75, 3.05) is 0 Å². The Morgan fingerprint density at radius 2 is 1.04 bits per heavy atom. The minimum Gasteiger partial charge on any atom is -0.456 e. The predicted octanol–water partition coefficient (Wildman–Crippen LogP) is 0.0894. The first-order valence-corrected chi connectivity index (χ1v) is 6.96. The molecule has 0 amide bonds. The Hall–Kier alpha value is -2.16. The van der Waals surface area contributed by atoms with Crippen LogP contribution in [0.25, 0.3) is 0 Å². The van der Waals surface area contributed by atoms with Crippen LogP contribution < -0.4 is 0 Å². The lowest BCUT2D eigenvalue weighted by Gasteiger charge is -2.42. The fraction of sp³-hybridized carbons (Fsp3) is 0.714. The Morgan fingerprint density at radius 3 is 1.48 bits per heavy atom. The monoisotopic (exact) mass is 332 g/mol. The number of carbonyl (C=O) groups is 4. The van der Waals surface area contributed by atoms with Crippen LogP contribution in [-0.4, -0.2) is 54.6 Å². The molecule has 0 aromatic carbocycles. The summed E-state index contributed by atoms with van der Waals surface area (Å²) in [6, 6.07) is 0. The van der Waals surface area contributed by atoms with Crippen molar-refractivity contribution in [3.63, 3.8) is 0 Å². The van der Waals surface area contributed by atoms with Gasteiger partial charge in [-0.25, -0.2) is 0 Å². The third kappa shape index (κ3) is 5.51. The molecule has 9 heteroatoms. The first kappa shape index (κ1) is 18.9. The Morgan fingerprint density at radius 1 is 0.652 bits per heavy atom. The van der Waals surface area contributed by atoms with Crippen LogP contribution in [0.15, 0.2) is 0 Å². The highest BCUT2D eigenvalue weighted by Gasteiger charge is 2.51. The van der Waals surface area contributed by atoms with Gasteiger partial charge in [0, 0.05) is 27.7 Å².